The third kappa shape index (κ3) is 2.29. The molecule has 0 aromatic carbocycles. The van der Waals surface area contributed by atoms with Crippen LogP contribution >= 0.6 is 0 Å². The monoisotopic (exact) mass is 312 g/mol. The highest BCUT2D eigenvalue weighted by Gasteiger charge is 2.56. The maximum atomic E-state index is 11.8. The van der Waals surface area contributed by atoms with Gasteiger partial charge in [-0.1, -0.05) is 25.3 Å². The van der Waals surface area contributed by atoms with Gasteiger partial charge in [0, 0.05) is 6.42 Å². The molecule has 5 aliphatic rings. The summed E-state index contributed by atoms with van der Waals surface area (Å²) in [6.45, 7) is 2.67. The van der Waals surface area contributed by atoms with Gasteiger partial charge in [-0.3, -0.25) is 4.79 Å². The van der Waals surface area contributed by atoms with Gasteiger partial charge < -0.3 is 0 Å². The van der Waals surface area contributed by atoms with Gasteiger partial charge in [0.1, 0.15) is 0 Å². The van der Waals surface area contributed by atoms with Crippen LogP contribution in [0.5, 0.6) is 0 Å². The van der Waals surface area contributed by atoms with Gasteiger partial charge in [-0.25, -0.2) is 0 Å². The van der Waals surface area contributed by atoms with Crippen molar-refractivity contribution in [1.29, 1.82) is 0 Å². The van der Waals surface area contributed by atoms with E-state index in [1.165, 1.54) is 57.8 Å². The zero-order valence-corrected chi connectivity index (χ0v) is 14.7. The van der Waals surface area contributed by atoms with Gasteiger partial charge in [-0.05, 0) is 98.4 Å². The lowest BCUT2D eigenvalue weighted by molar-refractivity contribution is -0.116. The van der Waals surface area contributed by atoms with Crippen LogP contribution in [0.1, 0.15) is 77.6 Å². The topological polar surface area (TPSA) is 17.1 Å². The molecule has 23 heavy (non-hydrogen) atoms. The molecule has 4 fully saturated rings. The fourth-order valence-corrected chi connectivity index (χ4v) is 7.43. The van der Waals surface area contributed by atoms with Gasteiger partial charge in [0.05, 0.1) is 0 Å². The Morgan fingerprint density at radius 1 is 1.00 bits per heavy atom. The van der Waals surface area contributed by atoms with Gasteiger partial charge in [-0.2, -0.15) is 0 Å². The Kier molecular flexibility index (Phi) is 3.33. The number of rotatable bonds is 2. The number of ketones is 1. The molecule has 4 saturated carbocycles. The van der Waals surface area contributed by atoms with Crippen molar-refractivity contribution in [2.45, 2.75) is 77.6 Å². The highest BCUT2D eigenvalue weighted by molar-refractivity contribution is 5.91. The van der Waals surface area contributed by atoms with Gasteiger partial charge in [0.25, 0.3) is 0 Å². The van der Waals surface area contributed by atoms with Crippen molar-refractivity contribution in [3.05, 3.63) is 11.6 Å². The molecule has 5 rings (SSSR count). The molecule has 0 amide bonds. The van der Waals surface area contributed by atoms with E-state index in [1.54, 1.807) is 12.0 Å². The van der Waals surface area contributed by atoms with E-state index in [-0.39, 0.29) is 0 Å². The minimum atomic E-state index is 0.403. The first-order valence-corrected chi connectivity index (χ1v) is 10.4. The Bertz CT molecular complexity index is 542. The van der Waals surface area contributed by atoms with Gasteiger partial charge >= 0.3 is 0 Å². The van der Waals surface area contributed by atoms with Gasteiger partial charge in [-0.15, -0.1) is 0 Å². The molecule has 0 spiro atoms. The van der Waals surface area contributed by atoms with Crippen LogP contribution in [0.3, 0.4) is 0 Å². The van der Waals surface area contributed by atoms with E-state index in [0.717, 1.165) is 41.9 Å². The molecule has 0 aliphatic heterocycles. The predicted octanol–water partition coefficient (Wildman–Crippen LogP) is 5.54. The molecule has 0 saturated heterocycles. The van der Waals surface area contributed by atoms with Crippen LogP contribution in [0.4, 0.5) is 0 Å². The summed E-state index contributed by atoms with van der Waals surface area (Å²) >= 11 is 0. The average Bonchev–Trinajstić information content (AvgIpc) is 3.29. The maximum Gasteiger partial charge on any atom is 0.155 e. The second kappa shape index (κ2) is 5.20. The van der Waals surface area contributed by atoms with Gasteiger partial charge in [0.15, 0.2) is 5.78 Å². The van der Waals surface area contributed by atoms with Crippen LogP contribution in [0, 0.1) is 40.9 Å². The number of carbonyl (C=O) groups excluding carboxylic acids is 1. The molecule has 6 atom stereocenters. The summed E-state index contributed by atoms with van der Waals surface area (Å²) in [6.07, 6.45) is 17.2. The molecule has 0 aromatic rings. The van der Waals surface area contributed by atoms with Crippen LogP contribution in [-0.4, -0.2) is 5.78 Å². The number of hydrogen-bond acceptors (Lipinski definition) is 1. The quantitative estimate of drug-likeness (QED) is 0.654. The number of carbonyl (C=O) groups is 1. The SMILES string of the molecule is C[C@]12CC[C@H]3[C@@H](CCC4=CC(=O)CC[C@@H]43)[C@@H]1CC[C@H]2CC1CC1. The Balaban J connectivity index is 1.38. The largest absolute Gasteiger partial charge is 0.295 e. The van der Waals surface area contributed by atoms with Gasteiger partial charge in [0.2, 0.25) is 0 Å². The molecule has 0 aromatic heterocycles. The summed E-state index contributed by atoms with van der Waals surface area (Å²) in [5.74, 6) is 6.21. The molecule has 0 unspecified atom stereocenters. The minimum Gasteiger partial charge on any atom is -0.295 e. The summed E-state index contributed by atoms with van der Waals surface area (Å²) < 4.78 is 0. The third-order valence-corrected chi connectivity index (χ3v) is 8.81. The fraction of sp³-hybridized carbons (Fsp3) is 0.864. The predicted molar refractivity (Wildman–Crippen MR) is 92.9 cm³/mol. The first kappa shape index (κ1) is 14.7. The molecule has 126 valence electrons. The van der Waals surface area contributed by atoms with Crippen molar-refractivity contribution >= 4 is 5.78 Å². The van der Waals surface area contributed by atoms with Crippen LogP contribution in [0.2, 0.25) is 0 Å². The molecule has 0 N–H and O–H groups in total. The summed E-state index contributed by atoms with van der Waals surface area (Å²) in [4.78, 5) is 11.8. The summed E-state index contributed by atoms with van der Waals surface area (Å²) in [5, 5.41) is 0. The van der Waals surface area contributed by atoms with Crippen molar-refractivity contribution in [1.82, 2.24) is 0 Å². The minimum absolute atomic E-state index is 0.403. The first-order valence-electron chi connectivity index (χ1n) is 10.4. The summed E-state index contributed by atoms with van der Waals surface area (Å²) in [6, 6.07) is 0. The molecular weight excluding hydrogens is 280 g/mol. The Hall–Kier alpha value is -0.590. The van der Waals surface area contributed by atoms with E-state index in [1.807, 2.05) is 6.08 Å². The van der Waals surface area contributed by atoms with E-state index in [0.29, 0.717) is 11.2 Å². The van der Waals surface area contributed by atoms with Crippen molar-refractivity contribution in [3.8, 4) is 0 Å². The maximum absolute atomic E-state index is 11.8. The Labute approximate surface area is 141 Å². The molecule has 0 heterocycles. The highest BCUT2D eigenvalue weighted by atomic mass is 16.1. The van der Waals surface area contributed by atoms with E-state index < -0.39 is 0 Å². The second-order valence-electron chi connectivity index (χ2n) is 9.80. The van der Waals surface area contributed by atoms with Crippen molar-refractivity contribution in [2.75, 3.05) is 0 Å². The molecule has 0 radical (unpaired) electrons. The molecule has 1 nitrogen and oxygen atoms in total. The highest BCUT2D eigenvalue weighted by Crippen LogP contribution is 2.65. The van der Waals surface area contributed by atoms with E-state index >= 15 is 0 Å². The lowest BCUT2D eigenvalue weighted by Crippen LogP contribution is -2.46. The van der Waals surface area contributed by atoms with Crippen molar-refractivity contribution in [3.63, 3.8) is 0 Å². The summed E-state index contributed by atoms with van der Waals surface area (Å²) in [7, 11) is 0. The number of fused-ring (bicyclic) bond motifs is 5. The third-order valence-electron chi connectivity index (χ3n) is 8.81. The molecule has 0 bridgehead atoms. The Morgan fingerprint density at radius 3 is 2.70 bits per heavy atom. The van der Waals surface area contributed by atoms with Crippen molar-refractivity contribution < 1.29 is 4.79 Å². The number of hydrogen-bond donors (Lipinski definition) is 0. The standard InChI is InChI=1S/C22H32O/c1-22-11-10-19-18-8-6-17(23)13-15(18)4-7-20(19)21(22)9-5-16(22)12-14-2-3-14/h13-14,16,18-21H,2-12H2,1H3/t16-,18-,19+,20+,21-,22+/m0/s1. The lowest BCUT2D eigenvalue weighted by Gasteiger charge is -2.54. The lowest BCUT2D eigenvalue weighted by atomic mass is 9.51. The van der Waals surface area contributed by atoms with Crippen LogP contribution < -0.4 is 0 Å². The first-order chi connectivity index (χ1) is 11.1. The average molecular weight is 312 g/mol. The summed E-state index contributed by atoms with van der Waals surface area (Å²) in [5.41, 5.74) is 2.20. The normalized spacial score (nSPS) is 49.2. The molecule has 5 aliphatic carbocycles. The zero-order valence-electron chi connectivity index (χ0n) is 14.7. The molecular formula is C22H32O. The van der Waals surface area contributed by atoms with Crippen molar-refractivity contribution in [2.24, 2.45) is 40.9 Å². The van der Waals surface area contributed by atoms with E-state index in [2.05, 4.69) is 6.92 Å². The van der Waals surface area contributed by atoms with E-state index in [4.69, 9.17) is 0 Å². The Morgan fingerprint density at radius 2 is 1.87 bits per heavy atom. The second-order valence-corrected chi connectivity index (χ2v) is 9.80. The zero-order chi connectivity index (χ0) is 15.6. The van der Waals surface area contributed by atoms with Crippen LogP contribution in [0.15, 0.2) is 11.6 Å². The van der Waals surface area contributed by atoms with Crippen LogP contribution in [0.25, 0.3) is 0 Å². The molecule has 1 heteroatoms. The number of allylic oxidation sites excluding steroid dienone is 1. The fourth-order valence-electron chi connectivity index (χ4n) is 7.43. The van der Waals surface area contributed by atoms with Crippen LogP contribution in [-0.2, 0) is 4.79 Å². The smallest absolute Gasteiger partial charge is 0.155 e. The van der Waals surface area contributed by atoms with E-state index in [9.17, 15) is 4.79 Å².